The number of aryl methyl sites for hydroxylation is 1. The normalized spacial score (nSPS) is 10.8. The summed E-state index contributed by atoms with van der Waals surface area (Å²) in [5.41, 5.74) is 0. The molecule has 2 rings (SSSR count). The zero-order valence-electron chi connectivity index (χ0n) is 14.9. The maximum Gasteiger partial charge on any atom is 0.191 e. The molecular formula is C18H26IN3O2S. The molecule has 1 heterocycles. The number of aliphatic imine (C=N–C) groups is 1. The molecule has 0 amide bonds. The zero-order valence-corrected chi connectivity index (χ0v) is 18.0. The monoisotopic (exact) mass is 475 g/mol. The molecule has 0 fully saturated rings. The van der Waals surface area contributed by atoms with E-state index in [9.17, 15) is 0 Å². The molecule has 0 aliphatic rings. The van der Waals surface area contributed by atoms with Crippen molar-refractivity contribution in [2.75, 3.05) is 27.3 Å². The van der Waals surface area contributed by atoms with E-state index >= 15 is 0 Å². The Bertz CT molecular complexity index is 661. The largest absolute Gasteiger partial charge is 0.497 e. The lowest BCUT2D eigenvalue weighted by Crippen LogP contribution is -2.38. The van der Waals surface area contributed by atoms with Crippen LogP contribution in [0, 0.1) is 0 Å². The highest BCUT2D eigenvalue weighted by atomic mass is 127. The van der Waals surface area contributed by atoms with Crippen molar-refractivity contribution in [1.82, 2.24) is 10.6 Å². The predicted octanol–water partition coefficient (Wildman–Crippen LogP) is 3.68. The Morgan fingerprint density at radius 2 is 1.88 bits per heavy atom. The number of nitrogens with one attached hydrogen (secondary N) is 2. The lowest BCUT2D eigenvalue weighted by Gasteiger charge is -2.12. The quantitative estimate of drug-likeness (QED) is 0.265. The minimum absolute atomic E-state index is 0. The van der Waals surface area contributed by atoms with Gasteiger partial charge in [0.15, 0.2) is 5.96 Å². The van der Waals surface area contributed by atoms with Crippen LogP contribution in [0.5, 0.6) is 11.5 Å². The van der Waals surface area contributed by atoms with E-state index in [1.54, 1.807) is 14.2 Å². The summed E-state index contributed by atoms with van der Waals surface area (Å²) in [7, 11) is 3.41. The molecule has 0 unspecified atom stereocenters. The first-order valence-electron chi connectivity index (χ1n) is 8.04. The predicted molar refractivity (Wildman–Crippen MR) is 116 cm³/mol. The minimum Gasteiger partial charge on any atom is -0.497 e. The van der Waals surface area contributed by atoms with Crippen LogP contribution in [-0.4, -0.2) is 33.3 Å². The Balaban J connectivity index is 0.00000312. The van der Waals surface area contributed by atoms with Crippen LogP contribution < -0.4 is 20.1 Å². The number of thiophene rings is 1. The molecule has 0 aliphatic heterocycles. The molecule has 5 nitrogen and oxygen atoms in total. The van der Waals surface area contributed by atoms with Gasteiger partial charge in [0.2, 0.25) is 0 Å². The lowest BCUT2D eigenvalue weighted by molar-refractivity contribution is 0.319. The molecule has 138 valence electrons. The van der Waals surface area contributed by atoms with Gasteiger partial charge in [-0.15, -0.1) is 35.3 Å². The fraction of sp³-hybridized carbons (Fsp3) is 0.389. The summed E-state index contributed by atoms with van der Waals surface area (Å²) in [6.07, 6.45) is 1.08. The second-order valence-electron chi connectivity index (χ2n) is 5.10. The summed E-state index contributed by atoms with van der Waals surface area (Å²) in [5.74, 6) is 2.36. The van der Waals surface area contributed by atoms with Gasteiger partial charge in [-0.1, -0.05) is 13.0 Å². The highest BCUT2D eigenvalue weighted by Gasteiger charge is 2.02. The Labute approximate surface area is 170 Å². The SMILES string of the molecule is CCc1ccc(CNC(=NC)NCCOc2cccc(OC)c2)s1.I. The van der Waals surface area contributed by atoms with E-state index in [-0.39, 0.29) is 24.0 Å². The summed E-state index contributed by atoms with van der Waals surface area (Å²) in [4.78, 5) is 6.94. The molecule has 0 saturated heterocycles. The van der Waals surface area contributed by atoms with Crippen LogP contribution in [-0.2, 0) is 13.0 Å². The molecule has 1 aromatic heterocycles. The van der Waals surface area contributed by atoms with Gasteiger partial charge in [0.25, 0.3) is 0 Å². The number of hydrogen-bond acceptors (Lipinski definition) is 4. The third-order valence-corrected chi connectivity index (χ3v) is 4.65. The molecule has 7 heteroatoms. The Morgan fingerprint density at radius 3 is 2.56 bits per heavy atom. The van der Waals surface area contributed by atoms with Crippen LogP contribution in [0.15, 0.2) is 41.4 Å². The molecule has 0 atom stereocenters. The first-order valence-corrected chi connectivity index (χ1v) is 8.85. The third kappa shape index (κ3) is 7.52. The van der Waals surface area contributed by atoms with Gasteiger partial charge in [-0.25, -0.2) is 0 Å². The Hall–Kier alpha value is -1.48. The number of rotatable bonds is 8. The molecule has 0 radical (unpaired) electrons. The molecule has 2 N–H and O–H groups in total. The number of guanidine groups is 1. The topological polar surface area (TPSA) is 54.9 Å². The molecule has 1 aromatic carbocycles. The van der Waals surface area contributed by atoms with Crippen molar-refractivity contribution in [3.63, 3.8) is 0 Å². The van der Waals surface area contributed by atoms with Crippen LogP contribution in [0.25, 0.3) is 0 Å². The first-order chi connectivity index (χ1) is 11.7. The van der Waals surface area contributed by atoms with E-state index < -0.39 is 0 Å². The molecule has 0 bridgehead atoms. The maximum absolute atomic E-state index is 5.70. The summed E-state index contributed by atoms with van der Waals surface area (Å²) < 4.78 is 10.9. The molecule has 0 aliphatic carbocycles. The fourth-order valence-electron chi connectivity index (χ4n) is 2.13. The number of methoxy groups -OCH3 is 1. The number of halogens is 1. The van der Waals surface area contributed by atoms with E-state index in [0.717, 1.165) is 30.4 Å². The van der Waals surface area contributed by atoms with Gasteiger partial charge >= 0.3 is 0 Å². The zero-order chi connectivity index (χ0) is 17.2. The van der Waals surface area contributed by atoms with Gasteiger partial charge in [0.1, 0.15) is 18.1 Å². The Morgan fingerprint density at radius 1 is 1.12 bits per heavy atom. The summed E-state index contributed by atoms with van der Waals surface area (Å²) in [6, 6.07) is 11.9. The van der Waals surface area contributed by atoms with Crippen LogP contribution in [0.4, 0.5) is 0 Å². The average molecular weight is 475 g/mol. The number of nitrogens with zero attached hydrogens (tertiary/aromatic N) is 1. The number of hydrogen-bond donors (Lipinski definition) is 2. The van der Waals surface area contributed by atoms with E-state index in [0.29, 0.717) is 13.2 Å². The van der Waals surface area contributed by atoms with Crippen LogP contribution in [0.3, 0.4) is 0 Å². The van der Waals surface area contributed by atoms with E-state index in [2.05, 4.69) is 34.7 Å². The van der Waals surface area contributed by atoms with Gasteiger partial charge in [-0.3, -0.25) is 4.99 Å². The summed E-state index contributed by atoms with van der Waals surface area (Å²) >= 11 is 1.83. The van der Waals surface area contributed by atoms with Crippen LogP contribution in [0.1, 0.15) is 16.7 Å². The molecule has 0 spiro atoms. The fourth-order valence-corrected chi connectivity index (χ4v) is 3.03. The standard InChI is InChI=1S/C18H25N3O2S.HI/c1-4-16-8-9-17(24-16)13-21-18(19-2)20-10-11-23-15-7-5-6-14(12-15)22-3;/h5-9,12H,4,10-11,13H2,1-3H3,(H2,19,20,21);1H. The summed E-state index contributed by atoms with van der Waals surface area (Å²) in [6.45, 7) is 4.17. The molecule has 0 saturated carbocycles. The highest BCUT2D eigenvalue weighted by molar-refractivity contribution is 14.0. The van der Waals surface area contributed by atoms with Gasteiger partial charge in [-0.05, 0) is 30.7 Å². The second kappa shape index (κ2) is 12.0. The maximum atomic E-state index is 5.70. The average Bonchev–Trinajstić information content (AvgIpc) is 3.09. The van der Waals surface area contributed by atoms with Crippen molar-refractivity contribution in [1.29, 1.82) is 0 Å². The summed E-state index contributed by atoms with van der Waals surface area (Å²) in [5, 5.41) is 6.56. The Kier molecular flexibility index (Phi) is 10.3. The van der Waals surface area contributed by atoms with Gasteiger partial charge in [0, 0.05) is 22.9 Å². The van der Waals surface area contributed by atoms with Crippen molar-refractivity contribution in [2.45, 2.75) is 19.9 Å². The van der Waals surface area contributed by atoms with Crippen LogP contribution >= 0.6 is 35.3 Å². The molecular weight excluding hydrogens is 449 g/mol. The molecule has 2 aromatic rings. The van der Waals surface area contributed by atoms with Gasteiger partial charge in [-0.2, -0.15) is 0 Å². The minimum atomic E-state index is 0. The smallest absolute Gasteiger partial charge is 0.191 e. The highest BCUT2D eigenvalue weighted by Crippen LogP contribution is 2.18. The number of benzene rings is 1. The van der Waals surface area contributed by atoms with Crippen molar-refractivity contribution < 1.29 is 9.47 Å². The van der Waals surface area contributed by atoms with Crippen molar-refractivity contribution in [3.8, 4) is 11.5 Å². The van der Waals surface area contributed by atoms with Gasteiger partial charge < -0.3 is 20.1 Å². The second-order valence-corrected chi connectivity index (χ2v) is 6.35. The van der Waals surface area contributed by atoms with E-state index in [1.165, 1.54) is 9.75 Å². The lowest BCUT2D eigenvalue weighted by atomic mass is 10.3. The first kappa shape index (κ1) is 21.6. The molecule has 25 heavy (non-hydrogen) atoms. The third-order valence-electron chi connectivity index (χ3n) is 3.42. The number of ether oxygens (including phenoxy) is 2. The van der Waals surface area contributed by atoms with Crippen molar-refractivity contribution in [2.24, 2.45) is 4.99 Å². The van der Waals surface area contributed by atoms with E-state index in [4.69, 9.17) is 9.47 Å². The van der Waals surface area contributed by atoms with Crippen molar-refractivity contribution in [3.05, 3.63) is 46.2 Å². The van der Waals surface area contributed by atoms with Crippen LogP contribution in [0.2, 0.25) is 0 Å². The van der Waals surface area contributed by atoms with Crippen molar-refractivity contribution >= 4 is 41.3 Å². The van der Waals surface area contributed by atoms with Gasteiger partial charge in [0.05, 0.1) is 20.2 Å². The van der Waals surface area contributed by atoms with E-state index in [1.807, 2.05) is 35.6 Å².